The van der Waals surface area contributed by atoms with Crippen LogP contribution in [0.2, 0.25) is 0 Å². The van der Waals surface area contributed by atoms with E-state index < -0.39 is 6.36 Å². The molecule has 0 fully saturated rings. The van der Waals surface area contributed by atoms with E-state index >= 15 is 0 Å². The monoisotopic (exact) mass is 478 g/mol. The van der Waals surface area contributed by atoms with Crippen LogP contribution in [0, 0.1) is 0 Å². The van der Waals surface area contributed by atoms with Crippen molar-refractivity contribution in [1.29, 1.82) is 0 Å². The smallest absolute Gasteiger partial charge is 0.497 e. The maximum absolute atomic E-state index is 12.4. The van der Waals surface area contributed by atoms with Crippen molar-refractivity contribution in [2.45, 2.75) is 38.2 Å². The molecule has 0 aliphatic carbocycles. The van der Waals surface area contributed by atoms with Crippen LogP contribution in [0.15, 0.2) is 54.7 Å². The predicted octanol–water partition coefficient (Wildman–Crippen LogP) is 3.51. The molecule has 182 valence electrons. The predicted molar refractivity (Wildman–Crippen MR) is 117 cm³/mol. The highest BCUT2D eigenvalue weighted by Gasteiger charge is 2.32. The van der Waals surface area contributed by atoms with Gasteiger partial charge >= 0.3 is 6.36 Å². The number of benzene rings is 2. The van der Waals surface area contributed by atoms with Crippen molar-refractivity contribution < 1.29 is 32.1 Å². The summed E-state index contributed by atoms with van der Waals surface area (Å²) in [7, 11) is 1.61. The number of ether oxygens (including phenoxy) is 4. The zero-order chi connectivity index (χ0) is 24.1. The fourth-order valence-corrected chi connectivity index (χ4v) is 3.61. The van der Waals surface area contributed by atoms with Crippen LogP contribution < -0.4 is 25.3 Å². The fourth-order valence-electron chi connectivity index (χ4n) is 3.61. The average Bonchev–Trinajstić information content (AvgIpc) is 3.16. The second-order valence-electron chi connectivity index (χ2n) is 7.80. The Hall–Kier alpha value is -3.44. The molecule has 2 atom stereocenters. The third-order valence-electron chi connectivity index (χ3n) is 5.29. The third-order valence-corrected chi connectivity index (χ3v) is 5.29. The molecule has 0 amide bonds. The topological polar surface area (TPSA) is 92.8 Å². The van der Waals surface area contributed by atoms with E-state index in [1.807, 2.05) is 28.8 Å². The highest BCUT2D eigenvalue weighted by atomic mass is 19.4. The number of imidazole rings is 1. The highest BCUT2D eigenvalue weighted by Crippen LogP contribution is 2.25. The molecule has 2 heterocycles. The molecule has 0 saturated carbocycles. The van der Waals surface area contributed by atoms with Crippen LogP contribution in [-0.4, -0.2) is 41.8 Å². The first kappa shape index (κ1) is 23.7. The minimum Gasteiger partial charge on any atom is -0.497 e. The first-order chi connectivity index (χ1) is 16.3. The van der Waals surface area contributed by atoms with Gasteiger partial charge in [-0.3, -0.25) is 4.57 Å². The van der Waals surface area contributed by atoms with Crippen LogP contribution in [0.25, 0.3) is 0 Å². The normalized spacial score (nSPS) is 17.6. The zero-order valence-electron chi connectivity index (χ0n) is 18.4. The number of methoxy groups -OCH3 is 1. The van der Waals surface area contributed by atoms with E-state index in [0.29, 0.717) is 38.1 Å². The number of nitrogen functional groups attached to an aromatic ring is 1. The van der Waals surface area contributed by atoms with Gasteiger partial charge in [-0.2, -0.15) is 4.98 Å². The maximum atomic E-state index is 12.4. The van der Waals surface area contributed by atoms with Crippen molar-refractivity contribution in [2.24, 2.45) is 0 Å². The van der Waals surface area contributed by atoms with E-state index in [4.69, 9.17) is 19.9 Å². The number of hydrogen-bond donors (Lipinski definition) is 2. The lowest BCUT2D eigenvalue weighted by atomic mass is 10.1. The van der Waals surface area contributed by atoms with Gasteiger partial charge in [-0.25, -0.2) is 0 Å². The second-order valence-corrected chi connectivity index (χ2v) is 7.80. The van der Waals surface area contributed by atoms with Crippen molar-refractivity contribution in [1.82, 2.24) is 14.9 Å². The second kappa shape index (κ2) is 10.2. The summed E-state index contributed by atoms with van der Waals surface area (Å²) in [5.74, 6) is 0.862. The van der Waals surface area contributed by atoms with Crippen LogP contribution >= 0.6 is 0 Å². The summed E-state index contributed by atoms with van der Waals surface area (Å²) < 4.78 is 59.9. The molecule has 1 aliphatic heterocycles. The molecule has 2 aromatic carbocycles. The molecule has 34 heavy (non-hydrogen) atoms. The highest BCUT2D eigenvalue weighted by molar-refractivity contribution is 5.30. The van der Waals surface area contributed by atoms with E-state index in [-0.39, 0.29) is 17.9 Å². The van der Waals surface area contributed by atoms with Crippen molar-refractivity contribution in [3.8, 4) is 17.5 Å². The molecule has 11 heteroatoms. The number of halogens is 3. The Morgan fingerprint density at radius 1 is 1.09 bits per heavy atom. The maximum Gasteiger partial charge on any atom is 0.573 e. The van der Waals surface area contributed by atoms with Crippen LogP contribution in [-0.2, 0) is 24.4 Å². The van der Waals surface area contributed by atoms with E-state index in [9.17, 15) is 13.2 Å². The first-order valence-corrected chi connectivity index (χ1v) is 10.6. The molecular weight excluding hydrogens is 453 g/mol. The molecule has 3 aromatic rings. The van der Waals surface area contributed by atoms with E-state index in [1.165, 1.54) is 12.1 Å². The van der Waals surface area contributed by atoms with E-state index in [1.54, 1.807) is 25.4 Å². The molecule has 3 N–H and O–H groups in total. The van der Waals surface area contributed by atoms with Gasteiger partial charge in [0.1, 0.15) is 23.4 Å². The van der Waals surface area contributed by atoms with Gasteiger partial charge in [-0.1, -0.05) is 24.3 Å². The van der Waals surface area contributed by atoms with Crippen molar-refractivity contribution in [3.63, 3.8) is 0 Å². The van der Waals surface area contributed by atoms with Crippen LogP contribution in [0.1, 0.15) is 11.1 Å². The minimum absolute atomic E-state index is 0.150. The van der Waals surface area contributed by atoms with Gasteiger partial charge < -0.3 is 30.0 Å². The van der Waals surface area contributed by atoms with Gasteiger partial charge in [-0.05, 0) is 35.4 Å². The molecule has 1 aliphatic rings. The summed E-state index contributed by atoms with van der Waals surface area (Å²) in [6, 6.07) is 13.6. The van der Waals surface area contributed by atoms with Crippen molar-refractivity contribution in [2.75, 3.05) is 19.5 Å². The van der Waals surface area contributed by atoms with E-state index in [2.05, 4.69) is 15.0 Å². The average molecular weight is 478 g/mol. The molecular formula is C23H25F3N4O4. The summed E-state index contributed by atoms with van der Waals surface area (Å²) in [5, 5.41) is 3.40. The molecule has 4 rings (SSSR count). The van der Waals surface area contributed by atoms with Gasteiger partial charge in [-0.15, -0.1) is 13.2 Å². The quantitative estimate of drug-likeness (QED) is 0.486. The third kappa shape index (κ3) is 6.33. The van der Waals surface area contributed by atoms with Crippen LogP contribution in [0.3, 0.4) is 0 Å². The summed E-state index contributed by atoms with van der Waals surface area (Å²) >= 11 is 0. The lowest BCUT2D eigenvalue weighted by molar-refractivity contribution is -0.274. The van der Waals surface area contributed by atoms with Crippen molar-refractivity contribution in [3.05, 3.63) is 65.9 Å². The number of nitrogens with one attached hydrogen (secondary N) is 1. The number of anilines is 1. The van der Waals surface area contributed by atoms with Gasteiger partial charge in [0.25, 0.3) is 6.01 Å². The van der Waals surface area contributed by atoms with Gasteiger partial charge in [0.15, 0.2) is 0 Å². The number of nitrogens with two attached hydrogens (primary N) is 1. The zero-order valence-corrected chi connectivity index (χ0v) is 18.4. The number of rotatable bonds is 9. The summed E-state index contributed by atoms with van der Waals surface area (Å²) in [6.07, 6.45) is -3.37. The standard InChI is InChI=1S/C23H25F3N4O4/c1-31-17-6-4-16(5-7-17)13-32-14-20-19(11-30-12-21(27)29-22(30)33-20)28-10-15-2-8-18(9-3-15)34-23(24,25)26/h2-9,12,19-20,28H,10-11,13-14,27H2,1H3/t19-,20-/m0/s1. The summed E-state index contributed by atoms with van der Waals surface area (Å²) in [5.41, 5.74) is 7.59. The minimum atomic E-state index is -4.72. The molecule has 1 aromatic heterocycles. The number of fused-ring (bicyclic) bond motifs is 1. The Morgan fingerprint density at radius 3 is 2.44 bits per heavy atom. The lowest BCUT2D eigenvalue weighted by Crippen LogP contribution is -2.51. The molecule has 0 radical (unpaired) electrons. The van der Waals surface area contributed by atoms with Crippen LogP contribution in [0.5, 0.6) is 17.5 Å². The molecule has 8 nitrogen and oxygen atoms in total. The largest absolute Gasteiger partial charge is 0.573 e. The Balaban J connectivity index is 1.36. The summed E-state index contributed by atoms with van der Waals surface area (Å²) in [6.45, 7) is 1.66. The van der Waals surface area contributed by atoms with E-state index in [0.717, 1.165) is 16.9 Å². The first-order valence-electron chi connectivity index (χ1n) is 10.6. The Kier molecular flexibility index (Phi) is 7.13. The Labute approximate surface area is 194 Å². The molecule has 0 unspecified atom stereocenters. The Morgan fingerprint density at radius 2 is 1.76 bits per heavy atom. The Bertz CT molecular complexity index is 1070. The number of aromatic nitrogens is 2. The van der Waals surface area contributed by atoms with Gasteiger partial charge in [0, 0.05) is 13.1 Å². The lowest BCUT2D eigenvalue weighted by Gasteiger charge is -2.33. The number of nitrogens with zero attached hydrogens (tertiary/aromatic N) is 2. The molecule has 0 bridgehead atoms. The molecule has 0 spiro atoms. The van der Waals surface area contributed by atoms with Gasteiger partial charge in [0.2, 0.25) is 0 Å². The van der Waals surface area contributed by atoms with Crippen LogP contribution in [0.4, 0.5) is 19.0 Å². The number of alkyl halides is 3. The SMILES string of the molecule is COc1ccc(COC[C@@H]2Oc3nc(N)cn3C[C@@H]2NCc2ccc(OC(F)(F)F)cc2)cc1. The molecule has 0 saturated heterocycles. The summed E-state index contributed by atoms with van der Waals surface area (Å²) in [4.78, 5) is 4.19. The van der Waals surface area contributed by atoms with Crippen molar-refractivity contribution >= 4 is 5.82 Å². The van der Waals surface area contributed by atoms with Gasteiger partial charge in [0.05, 0.1) is 32.6 Å². The number of hydrogen-bond acceptors (Lipinski definition) is 7. The fraction of sp³-hybridized carbons (Fsp3) is 0.348.